The number of halogens is 3. The second-order valence-corrected chi connectivity index (χ2v) is 3.65. The van der Waals surface area contributed by atoms with E-state index in [0.29, 0.717) is 5.92 Å². The zero-order chi connectivity index (χ0) is 10.1. The van der Waals surface area contributed by atoms with Crippen LogP contribution in [0.4, 0.5) is 4.39 Å². The summed E-state index contributed by atoms with van der Waals surface area (Å²) in [5.41, 5.74) is 3.17. The Bertz CT molecular complexity index is 427. The third kappa shape index (κ3) is 4.69. The number of hydrogen-bond donors (Lipinski definition) is 0. The van der Waals surface area contributed by atoms with Gasteiger partial charge in [0.05, 0.1) is 0 Å². The fourth-order valence-electron chi connectivity index (χ4n) is 1.80. The quantitative estimate of drug-likeness (QED) is 0.656. The van der Waals surface area contributed by atoms with Crippen molar-refractivity contribution >= 4 is 30.4 Å². The summed E-state index contributed by atoms with van der Waals surface area (Å²) in [4.78, 5) is 0. The van der Waals surface area contributed by atoms with Gasteiger partial charge in [0.25, 0.3) is 0 Å². The molecule has 0 saturated carbocycles. The second kappa shape index (κ2) is 8.24. The Hall–Kier alpha value is 0.0931. The van der Waals surface area contributed by atoms with E-state index in [2.05, 4.69) is 19.1 Å². The summed E-state index contributed by atoms with van der Waals surface area (Å²) in [6, 6.07) is 6.69. The summed E-state index contributed by atoms with van der Waals surface area (Å²) in [5, 5.41) is 0. The fourth-order valence-corrected chi connectivity index (χ4v) is 1.80. The van der Waals surface area contributed by atoms with Crippen LogP contribution in [0, 0.1) is 17.8 Å². The van der Waals surface area contributed by atoms with Crippen molar-refractivity contribution in [2.45, 2.75) is 13.8 Å². The van der Waals surface area contributed by atoms with Crippen LogP contribution >= 0.6 is 24.8 Å². The van der Waals surface area contributed by atoms with Crippen molar-refractivity contribution in [2.75, 3.05) is 0 Å². The van der Waals surface area contributed by atoms with Gasteiger partial charge in [0.2, 0.25) is 0 Å². The summed E-state index contributed by atoms with van der Waals surface area (Å²) in [5.74, 6) is 0.157. The largest absolute Gasteiger partial charge is 0.266 e. The van der Waals surface area contributed by atoms with Gasteiger partial charge in [-0.25, -0.2) is 9.96 Å². The number of benzene rings is 1. The standard InChI is InChI=1S/C13H12F.2ClH.Zr/c1-9-6-10(2)13(7-9)11-4-3-5-12(14)8-11;;;/h3-5,7-9H,1-2H3;2*1H;/q-1;;;. The van der Waals surface area contributed by atoms with Gasteiger partial charge in [0.15, 0.2) is 0 Å². The van der Waals surface area contributed by atoms with Crippen molar-refractivity contribution in [2.24, 2.45) is 5.92 Å². The topological polar surface area (TPSA) is 0 Å². The van der Waals surface area contributed by atoms with E-state index in [-0.39, 0.29) is 56.8 Å². The molecular weight excluding hydrogens is 337 g/mol. The van der Waals surface area contributed by atoms with E-state index in [0.717, 1.165) is 16.7 Å². The van der Waals surface area contributed by atoms with Crippen LogP contribution in [-0.4, -0.2) is 0 Å². The Balaban J connectivity index is 0. The van der Waals surface area contributed by atoms with E-state index in [9.17, 15) is 4.39 Å². The van der Waals surface area contributed by atoms with E-state index >= 15 is 0 Å². The molecular formula is C13H14Cl2FZr-. The zero-order valence-corrected chi connectivity index (χ0v) is 13.7. The normalized spacial score (nSPS) is 17.0. The molecule has 0 radical (unpaired) electrons. The van der Waals surface area contributed by atoms with Crippen LogP contribution in [0.2, 0.25) is 0 Å². The smallest absolute Gasteiger partial charge is 0.122 e. The molecule has 0 saturated heterocycles. The maximum absolute atomic E-state index is 13.0. The van der Waals surface area contributed by atoms with Crippen LogP contribution in [0.5, 0.6) is 0 Å². The molecule has 0 spiro atoms. The number of rotatable bonds is 1. The maximum Gasteiger partial charge on any atom is 0.122 e. The van der Waals surface area contributed by atoms with Gasteiger partial charge in [-0.05, 0) is 12.1 Å². The predicted octanol–water partition coefficient (Wildman–Crippen LogP) is 4.45. The molecule has 1 aromatic rings. The van der Waals surface area contributed by atoms with E-state index in [1.165, 1.54) is 6.07 Å². The van der Waals surface area contributed by atoms with Crippen LogP contribution in [0.1, 0.15) is 19.4 Å². The van der Waals surface area contributed by atoms with Crippen molar-refractivity contribution in [3.05, 3.63) is 53.4 Å². The Morgan fingerprint density at radius 2 is 1.88 bits per heavy atom. The number of hydrogen-bond acceptors (Lipinski definition) is 0. The molecule has 0 aliphatic heterocycles. The Morgan fingerprint density at radius 1 is 1.24 bits per heavy atom. The van der Waals surface area contributed by atoms with Crippen LogP contribution in [0.3, 0.4) is 0 Å². The third-order valence-electron chi connectivity index (χ3n) is 2.40. The molecule has 2 rings (SSSR count). The molecule has 0 heterocycles. The van der Waals surface area contributed by atoms with Crippen LogP contribution < -0.4 is 0 Å². The van der Waals surface area contributed by atoms with Gasteiger partial charge in [-0.2, -0.15) is 11.6 Å². The van der Waals surface area contributed by atoms with Crippen molar-refractivity contribution in [1.82, 2.24) is 0 Å². The molecule has 1 aliphatic rings. The maximum atomic E-state index is 13.0. The molecule has 1 aromatic carbocycles. The van der Waals surface area contributed by atoms with Gasteiger partial charge in [-0.1, -0.05) is 37.5 Å². The summed E-state index contributed by atoms with van der Waals surface area (Å²) in [7, 11) is 0. The van der Waals surface area contributed by atoms with E-state index in [4.69, 9.17) is 0 Å². The molecule has 17 heavy (non-hydrogen) atoms. The van der Waals surface area contributed by atoms with Crippen molar-refractivity contribution in [1.29, 1.82) is 0 Å². The molecule has 0 aromatic heterocycles. The van der Waals surface area contributed by atoms with Crippen molar-refractivity contribution in [3.8, 4) is 0 Å². The molecule has 0 fully saturated rings. The number of allylic oxidation sites excluding steroid dienone is 4. The molecule has 1 unspecified atom stereocenters. The summed E-state index contributed by atoms with van der Waals surface area (Å²) >= 11 is 0. The minimum atomic E-state index is -0.184. The van der Waals surface area contributed by atoms with E-state index in [1.807, 2.05) is 13.0 Å². The van der Waals surface area contributed by atoms with Gasteiger partial charge in [0.1, 0.15) is 5.82 Å². The molecule has 1 aliphatic carbocycles. The van der Waals surface area contributed by atoms with E-state index < -0.39 is 0 Å². The molecule has 92 valence electrons. The molecule has 0 bridgehead atoms. The average molecular weight is 351 g/mol. The van der Waals surface area contributed by atoms with Gasteiger partial charge in [-0.15, -0.1) is 24.8 Å². The first-order valence-corrected chi connectivity index (χ1v) is 4.75. The van der Waals surface area contributed by atoms with Gasteiger partial charge in [-0.3, -0.25) is 6.08 Å². The fraction of sp³-hybridized carbons (Fsp3) is 0.231. The monoisotopic (exact) mass is 349 g/mol. The van der Waals surface area contributed by atoms with Crippen molar-refractivity contribution < 1.29 is 30.6 Å². The Kier molecular flexibility index (Phi) is 9.42. The molecule has 4 heteroatoms. The first kappa shape index (κ1) is 19.4. The summed E-state index contributed by atoms with van der Waals surface area (Å²) in [6.45, 7) is 4.09. The minimum Gasteiger partial charge on any atom is -0.266 e. The molecule has 0 amide bonds. The second-order valence-electron chi connectivity index (χ2n) is 3.65. The first-order chi connectivity index (χ1) is 6.66. The van der Waals surface area contributed by atoms with Crippen LogP contribution in [0.25, 0.3) is 5.57 Å². The summed E-state index contributed by atoms with van der Waals surface area (Å²) < 4.78 is 13.0. The third-order valence-corrected chi connectivity index (χ3v) is 2.40. The zero-order valence-electron chi connectivity index (χ0n) is 9.66. The van der Waals surface area contributed by atoms with Gasteiger partial charge >= 0.3 is 0 Å². The molecule has 0 nitrogen and oxygen atoms in total. The van der Waals surface area contributed by atoms with Gasteiger partial charge < -0.3 is 0 Å². The predicted molar refractivity (Wildman–Crippen MR) is 70.5 cm³/mol. The average Bonchev–Trinajstić information content (AvgIpc) is 2.45. The van der Waals surface area contributed by atoms with Gasteiger partial charge in [0, 0.05) is 26.2 Å². The van der Waals surface area contributed by atoms with Crippen LogP contribution in [-0.2, 0) is 26.2 Å². The SMILES string of the molecule is CC1=[C-]C(C)C=C1c1cccc(F)c1.Cl.Cl.[Zr]. The molecule has 0 N–H and O–H groups in total. The Morgan fingerprint density at radius 3 is 2.35 bits per heavy atom. The first-order valence-electron chi connectivity index (χ1n) is 4.75. The van der Waals surface area contributed by atoms with E-state index in [1.54, 1.807) is 12.1 Å². The van der Waals surface area contributed by atoms with Crippen molar-refractivity contribution in [3.63, 3.8) is 0 Å². The Labute approximate surface area is 133 Å². The minimum absolute atomic E-state index is 0. The van der Waals surface area contributed by atoms with Crippen LogP contribution in [0.15, 0.2) is 35.9 Å². The summed E-state index contributed by atoms with van der Waals surface area (Å²) in [6.07, 6.45) is 5.40. The molecule has 1 atom stereocenters.